The number of aryl methyl sites for hydroxylation is 1. The normalized spacial score (nSPS) is 18.2. The molecular formula is C27H27FN4O2. The largest absolute Gasteiger partial charge is 0.460 e. The number of H-pyrrole nitrogens is 1. The summed E-state index contributed by atoms with van der Waals surface area (Å²) < 4.78 is 20.9. The van der Waals surface area contributed by atoms with Gasteiger partial charge in [0.25, 0.3) is 0 Å². The number of hydrogen-bond acceptors (Lipinski definition) is 5. The first-order chi connectivity index (χ1) is 16.4. The lowest BCUT2D eigenvalue weighted by Gasteiger charge is -2.27. The average molecular weight is 459 g/mol. The molecule has 2 aromatic heterocycles. The molecule has 0 bridgehead atoms. The smallest absolute Gasteiger partial charge is 0.316 e. The number of imidazole rings is 1. The third-order valence-corrected chi connectivity index (χ3v) is 6.47. The molecule has 0 amide bonds. The molecule has 1 N–H and O–H groups in total. The third-order valence-electron chi connectivity index (χ3n) is 6.47. The number of aromatic amines is 1. The van der Waals surface area contributed by atoms with Crippen LogP contribution in [0.15, 0.2) is 48.8 Å². The van der Waals surface area contributed by atoms with Crippen molar-refractivity contribution in [2.24, 2.45) is 5.92 Å². The number of benzene rings is 2. The quantitative estimate of drug-likeness (QED) is 0.380. The molecule has 4 aromatic rings. The number of fused-ring (bicyclic) bond motifs is 1. The van der Waals surface area contributed by atoms with Gasteiger partial charge in [0.1, 0.15) is 23.5 Å². The van der Waals surface area contributed by atoms with Gasteiger partial charge in [-0.3, -0.25) is 0 Å². The number of nitrogens with zero attached hydrogens (tertiary/aromatic N) is 3. The summed E-state index contributed by atoms with van der Waals surface area (Å²) in [5.74, 6) is 0.848. The number of ketones is 1. The Balaban J connectivity index is 1.26. The molecule has 34 heavy (non-hydrogen) atoms. The van der Waals surface area contributed by atoms with Crippen LogP contribution in [-0.2, 0) is 4.79 Å². The van der Waals surface area contributed by atoms with Crippen molar-refractivity contribution in [3.05, 3.63) is 60.2 Å². The summed E-state index contributed by atoms with van der Waals surface area (Å²) in [6.45, 7) is 3.66. The van der Waals surface area contributed by atoms with Gasteiger partial charge >= 0.3 is 6.01 Å². The van der Waals surface area contributed by atoms with Crippen LogP contribution in [0.2, 0.25) is 0 Å². The van der Waals surface area contributed by atoms with Gasteiger partial charge in [-0.25, -0.2) is 19.3 Å². The zero-order valence-electron chi connectivity index (χ0n) is 19.3. The maximum absolute atomic E-state index is 15.0. The van der Waals surface area contributed by atoms with Crippen molar-refractivity contribution in [3.8, 4) is 28.5 Å². The molecule has 6 nitrogen and oxygen atoms in total. The van der Waals surface area contributed by atoms with Crippen LogP contribution >= 0.6 is 0 Å². The first kappa shape index (κ1) is 22.2. The Morgan fingerprint density at radius 2 is 1.82 bits per heavy atom. The highest BCUT2D eigenvalue weighted by atomic mass is 19.1. The van der Waals surface area contributed by atoms with Gasteiger partial charge in [0, 0.05) is 24.4 Å². The van der Waals surface area contributed by atoms with E-state index in [0.717, 1.165) is 42.3 Å². The summed E-state index contributed by atoms with van der Waals surface area (Å²) in [4.78, 5) is 27.7. The first-order valence-corrected chi connectivity index (χ1v) is 11.7. The van der Waals surface area contributed by atoms with E-state index in [4.69, 9.17) is 4.74 Å². The number of carbonyl (C=O) groups is 1. The van der Waals surface area contributed by atoms with Crippen LogP contribution < -0.4 is 4.74 Å². The van der Waals surface area contributed by atoms with E-state index in [1.807, 2.05) is 31.2 Å². The van der Waals surface area contributed by atoms with E-state index in [2.05, 4.69) is 19.9 Å². The monoisotopic (exact) mass is 458 g/mol. The van der Waals surface area contributed by atoms with Crippen LogP contribution in [0.4, 0.5) is 4.39 Å². The predicted octanol–water partition coefficient (Wildman–Crippen LogP) is 6.05. The number of carbonyl (C=O) groups excluding carboxylic acids is 1. The van der Waals surface area contributed by atoms with E-state index in [-0.39, 0.29) is 17.7 Å². The molecular weight excluding hydrogens is 431 g/mol. The van der Waals surface area contributed by atoms with Crippen molar-refractivity contribution in [1.29, 1.82) is 0 Å². The minimum Gasteiger partial charge on any atom is -0.460 e. The Kier molecular flexibility index (Phi) is 6.09. The second-order valence-electron chi connectivity index (χ2n) is 9.22. The van der Waals surface area contributed by atoms with Crippen molar-refractivity contribution < 1.29 is 13.9 Å². The van der Waals surface area contributed by atoms with Crippen molar-refractivity contribution >= 4 is 16.8 Å². The van der Waals surface area contributed by atoms with E-state index in [1.54, 1.807) is 25.4 Å². The molecule has 5 rings (SSSR count). The van der Waals surface area contributed by atoms with Gasteiger partial charge in [0.15, 0.2) is 0 Å². The van der Waals surface area contributed by atoms with Gasteiger partial charge in [-0.2, -0.15) is 0 Å². The van der Waals surface area contributed by atoms with Crippen LogP contribution in [0.5, 0.6) is 6.01 Å². The fraction of sp³-hybridized carbons (Fsp3) is 0.333. The first-order valence-electron chi connectivity index (χ1n) is 11.7. The van der Waals surface area contributed by atoms with Gasteiger partial charge in [0.05, 0.1) is 16.6 Å². The van der Waals surface area contributed by atoms with Crippen LogP contribution in [0.25, 0.3) is 33.5 Å². The standard InChI is InChI=1S/C27H27FN4O2/c1-16-3-10-24-25(11-16)32-26(31-24)22-9-6-19(13-23(22)28)20-14-29-27(30-15-20)34-21-7-4-18(5-8-21)12-17(2)33/h3,6,9-11,13-15,18,21H,4-5,7-8,12H2,1-2H3,(H,31,32). The van der Waals surface area contributed by atoms with Crippen LogP contribution in [0, 0.1) is 18.7 Å². The highest BCUT2D eigenvalue weighted by molar-refractivity contribution is 5.80. The number of hydrogen-bond donors (Lipinski definition) is 1. The summed E-state index contributed by atoms with van der Waals surface area (Å²) in [6, 6.07) is 11.3. The molecule has 1 saturated carbocycles. The summed E-state index contributed by atoms with van der Waals surface area (Å²) in [6.07, 6.45) is 7.80. The van der Waals surface area contributed by atoms with Crippen molar-refractivity contribution in [2.75, 3.05) is 0 Å². The molecule has 1 aliphatic rings. The topological polar surface area (TPSA) is 80.8 Å². The lowest BCUT2D eigenvalue weighted by molar-refractivity contribution is -0.118. The second kappa shape index (κ2) is 9.33. The minimum atomic E-state index is -0.365. The van der Waals surface area contributed by atoms with Gasteiger partial charge in [0.2, 0.25) is 0 Å². The SMILES string of the molecule is CC(=O)CC1CCC(Oc2ncc(-c3ccc(-c4nc5ccc(C)cc5[nH]4)c(F)c3)cn2)CC1. The third kappa shape index (κ3) is 4.83. The Hall–Kier alpha value is -3.61. The highest BCUT2D eigenvalue weighted by Gasteiger charge is 2.24. The molecule has 7 heteroatoms. The maximum atomic E-state index is 15.0. The predicted molar refractivity (Wildman–Crippen MR) is 129 cm³/mol. The van der Waals surface area contributed by atoms with E-state index in [1.165, 1.54) is 6.07 Å². The summed E-state index contributed by atoms with van der Waals surface area (Å²) >= 11 is 0. The molecule has 1 aliphatic carbocycles. The van der Waals surface area contributed by atoms with Crippen molar-refractivity contribution in [2.45, 2.75) is 52.1 Å². The number of aromatic nitrogens is 4. The lowest BCUT2D eigenvalue weighted by atomic mass is 9.84. The molecule has 0 atom stereocenters. The number of rotatable bonds is 6. The van der Waals surface area contributed by atoms with Crippen LogP contribution in [0.3, 0.4) is 0 Å². The van der Waals surface area contributed by atoms with E-state index in [9.17, 15) is 9.18 Å². The van der Waals surface area contributed by atoms with Crippen molar-refractivity contribution in [1.82, 2.24) is 19.9 Å². The maximum Gasteiger partial charge on any atom is 0.316 e. The Morgan fingerprint density at radius 3 is 2.53 bits per heavy atom. The fourth-order valence-electron chi connectivity index (χ4n) is 4.67. The molecule has 0 aliphatic heterocycles. The minimum absolute atomic E-state index is 0.0679. The molecule has 0 saturated heterocycles. The Labute approximate surface area is 197 Å². The number of nitrogens with one attached hydrogen (secondary N) is 1. The molecule has 0 spiro atoms. The second-order valence-corrected chi connectivity index (χ2v) is 9.22. The molecule has 0 unspecified atom stereocenters. The van der Waals surface area contributed by atoms with Gasteiger partial charge in [-0.15, -0.1) is 0 Å². The van der Waals surface area contributed by atoms with Gasteiger partial charge in [-0.05, 0) is 80.8 Å². The molecule has 0 radical (unpaired) electrons. The van der Waals surface area contributed by atoms with E-state index < -0.39 is 0 Å². The summed E-state index contributed by atoms with van der Waals surface area (Å²) in [5, 5.41) is 0. The molecule has 174 valence electrons. The van der Waals surface area contributed by atoms with Crippen LogP contribution in [-0.4, -0.2) is 31.8 Å². The number of Topliss-reactive ketones (excluding diaryl/α,β-unsaturated/α-hetero) is 1. The van der Waals surface area contributed by atoms with Crippen LogP contribution in [0.1, 0.15) is 44.6 Å². The zero-order chi connectivity index (χ0) is 23.7. The Bertz CT molecular complexity index is 1320. The molecule has 2 heterocycles. The molecule has 2 aromatic carbocycles. The summed E-state index contributed by atoms with van der Waals surface area (Å²) in [7, 11) is 0. The summed E-state index contributed by atoms with van der Waals surface area (Å²) in [5.41, 5.74) is 4.62. The lowest BCUT2D eigenvalue weighted by Crippen LogP contribution is -2.25. The Morgan fingerprint density at radius 1 is 1.06 bits per heavy atom. The van der Waals surface area contributed by atoms with Crippen molar-refractivity contribution in [3.63, 3.8) is 0 Å². The zero-order valence-corrected chi connectivity index (χ0v) is 19.3. The van der Waals surface area contributed by atoms with Gasteiger partial charge < -0.3 is 14.5 Å². The fourth-order valence-corrected chi connectivity index (χ4v) is 4.67. The average Bonchev–Trinajstić information content (AvgIpc) is 3.23. The van der Waals surface area contributed by atoms with E-state index >= 15 is 0 Å². The number of halogens is 1. The van der Waals surface area contributed by atoms with E-state index in [0.29, 0.717) is 40.9 Å². The highest BCUT2D eigenvalue weighted by Crippen LogP contribution is 2.30. The number of ether oxygens (including phenoxy) is 1. The molecule has 1 fully saturated rings. The van der Waals surface area contributed by atoms with Gasteiger partial charge in [-0.1, -0.05) is 12.1 Å².